The Hall–Kier alpha value is -0.970. The van der Waals surface area contributed by atoms with Crippen molar-refractivity contribution in [2.75, 3.05) is 6.54 Å². The van der Waals surface area contributed by atoms with E-state index in [-0.39, 0.29) is 5.82 Å². The van der Waals surface area contributed by atoms with E-state index in [0.29, 0.717) is 27.2 Å². The SMILES string of the molecule is CCCNC(c1ccc(Cl)cc1F)c1cccc(Br)c1F. The maximum absolute atomic E-state index is 14.3. The van der Waals surface area contributed by atoms with Gasteiger partial charge in [-0.05, 0) is 47.1 Å². The largest absolute Gasteiger partial charge is 0.306 e. The average Bonchev–Trinajstić information content (AvgIpc) is 2.45. The van der Waals surface area contributed by atoms with Crippen LogP contribution >= 0.6 is 27.5 Å². The molecular formula is C16H15BrClF2N. The minimum atomic E-state index is -0.556. The molecule has 0 saturated carbocycles. The molecule has 0 radical (unpaired) electrons. The monoisotopic (exact) mass is 373 g/mol. The van der Waals surface area contributed by atoms with Crippen LogP contribution in [0.5, 0.6) is 0 Å². The van der Waals surface area contributed by atoms with Crippen LogP contribution in [-0.2, 0) is 0 Å². The van der Waals surface area contributed by atoms with Gasteiger partial charge in [-0.2, -0.15) is 0 Å². The second-order valence-corrected chi connectivity index (χ2v) is 5.99. The highest BCUT2D eigenvalue weighted by atomic mass is 79.9. The normalized spacial score (nSPS) is 12.4. The molecule has 21 heavy (non-hydrogen) atoms. The third-order valence-corrected chi connectivity index (χ3v) is 4.01. The summed E-state index contributed by atoms with van der Waals surface area (Å²) in [6.07, 6.45) is 0.862. The Kier molecular flexibility index (Phi) is 5.73. The molecule has 0 heterocycles. The van der Waals surface area contributed by atoms with Crippen LogP contribution in [0.3, 0.4) is 0 Å². The van der Waals surface area contributed by atoms with Gasteiger partial charge in [0.1, 0.15) is 11.6 Å². The Morgan fingerprint density at radius 2 is 1.95 bits per heavy atom. The number of benzene rings is 2. The summed E-state index contributed by atoms with van der Waals surface area (Å²) in [5, 5.41) is 3.51. The number of hydrogen-bond acceptors (Lipinski definition) is 1. The summed E-state index contributed by atoms with van der Waals surface area (Å²) in [6, 6.07) is 8.89. The Labute approximate surface area is 136 Å². The molecule has 0 aliphatic carbocycles. The molecule has 1 N–H and O–H groups in total. The Morgan fingerprint density at radius 3 is 2.62 bits per heavy atom. The Bertz CT molecular complexity index is 634. The molecule has 0 amide bonds. The van der Waals surface area contributed by atoms with Crippen molar-refractivity contribution >= 4 is 27.5 Å². The molecule has 0 fully saturated rings. The first-order valence-corrected chi connectivity index (χ1v) is 7.84. The second-order valence-electron chi connectivity index (χ2n) is 4.70. The summed E-state index contributed by atoms with van der Waals surface area (Å²) in [7, 11) is 0. The molecule has 0 bridgehead atoms. The van der Waals surface area contributed by atoms with Gasteiger partial charge in [0.05, 0.1) is 10.5 Å². The van der Waals surface area contributed by atoms with Crippen molar-refractivity contribution in [3.8, 4) is 0 Å². The lowest BCUT2D eigenvalue weighted by molar-refractivity contribution is 0.518. The summed E-state index contributed by atoms with van der Waals surface area (Å²) in [6.45, 7) is 2.65. The smallest absolute Gasteiger partial charge is 0.142 e. The van der Waals surface area contributed by atoms with Gasteiger partial charge in [-0.15, -0.1) is 0 Å². The zero-order valence-corrected chi connectivity index (χ0v) is 13.8. The fourth-order valence-corrected chi connectivity index (χ4v) is 2.70. The molecule has 1 unspecified atom stereocenters. The maximum Gasteiger partial charge on any atom is 0.142 e. The third-order valence-electron chi connectivity index (χ3n) is 3.16. The van der Waals surface area contributed by atoms with Crippen molar-refractivity contribution in [2.24, 2.45) is 0 Å². The zero-order chi connectivity index (χ0) is 15.4. The van der Waals surface area contributed by atoms with Gasteiger partial charge in [-0.25, -0.2) is 8.78 Å². The number of halogens is 4. The Morgan fingerprint density at radius 1 is 1.19 bits per heavy atom. The zero-order valence-electron chi connectivity index (χ0n) is 11.5. The van der Waals surface area contributed by atoms with Crippen molar-refractivity contribution in [2.45, 2.75) is 19.4 Å². The highest BCUT2D eigenvalue weighted by Gasteiger charge is 2.21. The van der Waals surface area contributed by atoms with Gasteiger partial charge in [0.25, 0.3) is 0 Å². The molecule has 2 aromatic rings. The van der Waals surface area contributed by atoms with Gasteiger partial charge in [-0.1, -0.05) is 36.7 Å². The van der Waals surface area contributed by atoms with E-state index in [1.54, 1.807) is 30.3 Å². The van der Waals surface area contributed by atoms with Crippen LogP contribution in [0.4, 0.5) is 8.78 Å². The van der Waals surface area contributed by atoms with Crippen LogP contribution in [0.1, 0.15) is 30.5 Å². The predicted octanol–water partition coefficient (Wildman–Crippen LogP) is 5.47. The number of nitrogens with one attached hydrogen (secondary N) is 1. The lowest BCUT2D eigenvalue weighted by atomic mass is 9.97. The van der Waals surface area contributed by atoms with Crippen LogP contribution in [0.15, 0.2) is 40.9 Å². The van der Waals surface area contributed by atoms with Crippen LogP contribution in [0.25, 0.3) is 0 Å². The van der Waals surface area contributed by atoms with E-state index in [9.17, 15) is 8.78 Å². The van der Waals surface area contributed by atoms with Crippen molar-refractivity contribution in [3.05, 3.63) is 68.7 Å². The topological polar surface area (TPSA) is 12.0 Å². The maximum atomic E-state index is 14.3. The first-order valence-electron chi connectivity index (χ1n) is 6.66. The first kappa shape index (κ1) is 16.4. The van der Waals surface area contributed by atoms with Gasteiger partial charge >= 0.3 is 0 Å². The van der Waals surface area contributed by atoms with E-state index in [0.717, 1.165) is 6.42 Å². The van der Waals surface area contributed by atoms with E-state index < -0.39 is 11.9 Å². The molecule has 0 aliphatic rings. The van der Waals surface area contributed by atoms with Crippen LogP contribution in [0, 0.1) is 11.6 Å². The van der Waals surface area contributed by atoms with Crippen molar-refractivity contribution in [1.82, 2.24) is 5.32 Å². The summed E-state index contributed by atoms with van der Waals surface area (Å²) >= 11 is 8.95. The first-order chi connectivity index (χ1) is 10.0. The molecule has 112 valence electrons. The van der Waals surface area contributed by atoms with Crippen LogP contribution in [-0.4, -0.2) is 6.54 Å². The fraction of sp³-hybridized carbons (Fsp3) is 0.250. The van der Waals surface area contributed by atoms with Crippen LogP contribution < -0.4 is 5.32 Å². The molecule has 0 aliphatic heterocycles. The standard InChI is InChI=1S/C16H15BrClF2N/c1-2-8-21-16(11-7-6-10(18)9-14(11)19)12-4-3-5-13(17)15(12)20/h3-7,9,16,21H,2,8H2,1H3. The van der Waals surface area contributed by atoms with E-state index in [2.05, 4.69) is 21.2 Å². The van der Waals surface area contributed by atoms with E-state index in [1.807, 2.05) is 6.92 Å². The highest BCUT2D eigenvalue weighted by molar-refractivity contribution is 9.10. The molecule has 5 heteroatoms. The van der Waals surface area contributed by atoms with Gasteiger partial charge in [0, 0.05) is 16.1 Å². The molecule has 1 atom stereocenters. The van der Waals surface area contributed by atoms with E-state index >= 15 is 0 Å². The summed E-state index contributed by atoms with van der Waals surface area (Å²) in [4.78, 5) is 0. The molecule has 2 aromatic carbocycles. The number of rotatable bonds is 5. The second kappa shape index (κ2) is 7.34. The lowest BCUT2D eigenvalue weighted by Crippen LogP contribution is -2.25. The van der Waals surface area contributed by atoms with Crippen molar-refractivity contribution in [1.29, 1.82) is 0 Å². The summed E-state index contributed by atoms with van der Waals surface area (Å²) < 4.78 is 28.9. The van der Waals surface area contributed by atoms with Gasteiger partial charge in [-0.3, -0.25) is 0 Å². The fourth-order valence-electron chi connectivity index (χ4n) is 2.16. The molecule has 0 aromatic heterocycles. The summed E-state index contributed by atoms with van der Waals surface area (Å²) in [5.41, 5.74) is 0.781. The van der Waals surface area contributed by atoms with Crippen molar-refractivity contribution < 1.29 is 8.78 Å². The predicted molar refractivity (Wildman–Crippen MR) is 85.6 cm³/mol. The molecule has 2 rings (SSSR count). The van der Waals surface area contributed by atoms with Crippen LogP contribution in [0.2, 0.25) is 5.02 Å². The van der Waals surface area contributed by atoms with Gasteiger partial charge < -0.3 is 5.32 Å². The average molecular weight is 375 g/mol. The van der Waals surface area contributed by atoms with E-state index in [4.69, 9.17) is 11.6 Å². The Balaban J connectivity index is 2.49. The molecule has 1 nitrogen and oxygen atoms in total. The minimum absolute atomic E-state index is 0.320. The minimum Gasteiger partial charge on any atom is -0.306 e. The van der Waals surface area contributed by atoms with Crippen molar-refractivity contribution in [3.63, 3.8) is 0 Å². The molecule has 0 spiro atoms. The highest BCUT2D eigenvalue weighted by Crippen LogP contribution is 2.30. The lowest BCUT2D eigenvalue weighted by Gasteiger charge is -2.21. The molecular weight excluding hydrogens is 360 g/mol. The summed E-state index contributed by atoms with van der Waals surface area (Å²) in [5.74, 6) is -0.837. The van der Waals surface area contributed by atoms with E-state index in [1.165, 1.54) is 6.07 Å². The molecule has 0 saturated heterocycles. The number of hydrogen-bond donors (Lipinski definition) is 1. The van der Waals surface area contributed by atoms with Gasteiger partial charge in [0.2, 0.25) is 0 Å². The third kappa shape index (κ3) is 3.82. The quantitative estimate of drug-likeness (QED) is 0.732. The van der Waals surface area contributed by atoms with Gasteiger partial charge in [0.15, 0.2) is 0 Å².